The van der Waals surface area contributed by atoms with Crippen molar-refractivity contribution < 1.29 is 4.79 Å². The van der Waals surface area contributed by atoms with Crippen molar-refractivity contribution in [3.63, 3.8) is 0 Å². The van der Waals surface area contributed by atoms with E-state index in [9.17, 15) is 4.79 Å². The first-order chi connectivity index (χ1) is 11.5. The van der Waals surface area contributed by atoms with Crippen LogP contribution in [0.2, 0.25) is 0 Å². The average molecular weight is 333 g/mol. The van der Waals surface area contributed by atoms with Gasteiger partial charge in [0.25, 0.3) is 5.91 Å². The van der Waals surface area contributed by atoms with E-state index in [1.165, 1.54) is 23.1 Å². The Bertz CT molecular complexity index is 1110. The molecule has 0 saturated carbocycles. The quantitative estimate of drug-likeness (QED) is 0.579. The van der Waals surface area contributed by atoms with Crippen LogP contribution in [0.5, 0.6) is 0 Å². The van der Waals surface area contributed by atoms with Crippen molar-refractivity contribution in [3.05, 3.63) is 59.8 Å². The van der Waals surface area contributed by atoms with Crippen LogP contribution in [0.3, 0.4) is 0 Å². The zero-order chi connectivity index (χ0) is 16.8. The Morgan fingerprint density at radius 2 is 1.92 bits per heavy atom. The van der Waals surface area contributed by atoms with Gasteiger partial charge in [-0.3, -0.25) is 4.79 Å². The number of pyridine rings is 1. The highest BCUT2D eigenvalue weighted by Crippen LogP contribution is 2.39. The maximum absolute atomic E-state index is 11.7. The molecule has 4 nitrogen and oxygen atoms in total. The molecule has 4 aromatic rings. The summed E-state index contributed by atoms with van der Waals surface area (Å²) in [5.74, 6) is -0.0671. The van der Waals surface area contributed by atoms with Gasteiger partial charge >= 0.3 is 0 Å². The van der Waals surface area contributed by atoms with Crippen molar-refractivity contribution >= 4 is 43.2 Å². The second-order valence-corrected chi connectivity index (χ2v) is 6.86. The zero-order valence-electron chi connectivity index (χ0n) is 13.0. The number of primary amides is 1. The second-order valence-electron chi connectivity index (χ2n) is 5.81. The maximum atomic E-state index is 11.7. The van der Waals surface area contributed by atoms with Crippen molar-refractivity contribution in [1.29, 1.82) is 0 Å². The third-order valence-electron chi connectivity index (χ3n) is 4.14. The highest BCUT2D eigenvalue weighted by Gasteiger charge is 2.16. The molecule has 118 valence electrons. The Hall–Kier alpha value is -2.92. The standard InChI is InChI=1S/C19H15N3OS/c1-10-3-2-4-11(7-10)12-5-6-13-15(8-12)24-17-14(19(21)23)9-22-18(20)16(13)17/h2-9H,1H3,(H2,20,22)(H2,21,23). The van der Waals surface area contributed by atoms with Crippen LogP contribution in [-0.4, -0.2) is 10.9 Å². The summed E-state index contributed by atoms with van der Waals surface area (Å²) in [6.45, 7) is 2.08. The molecule has 5 heteroatoms. The van der Waals surface area contributed by atoms with Crippen LogP contribution in [0, 0.1) is 6.92 Å². The fourth-order valence-corrected chi connectivity index (χ4v) is 4.24. The number of carbonyl (C=O) groups excluding carboxylic acids is 1. The van der Waals surface area contributed by atoms with Crippen LogP contribution in [-0.2, 0) is 0 Å². The predicted octanol–water partition coefficient (Wildman–Crippen LogP) is 4.11. The van der Waals surface area contributed by atoms with Gasteiger partial charge in [-0.2, -0.15) is 0 Å². The molecule has 4 N–H and O–H groups in total. The number of thiophene rings is 1. The van der Waals surface area contributed by atoms with Gasteiger partial charge in [0.05, 0.1) is 10.3 Å². The van der Waals surface area contributed by atoms with E-state index < -0.39 is 5.91 Å². The molecule has 2 aromatic heterocycles. The number of hydrogen-bond acceptors (Lipinski definition) is 4. The van der Waals surface area contributed by atoms with Crippen LogP contribution in [0.4, 0.5) is 5.82 Å². The lowest BCUT2D eigenvalue weighted by atomic mass is 10.0. The molecule has 0 bridgehead atoms. The minimum absolute atomic E-state index is 0.414. The van der Waals surface area contributed by atoms with E-state index in [0.717, 1.165) is 31.3 Å². The molecule has 0 radical (unpaired) electrons. The van der Waals surface area contributed by atoms with Gasteiger partial charge in [0, 0.05) is 21.7 Å². The van der Waals surface area contributed by atoms with Crippen LogP contribution >= 0.6 is 11.3 Å². The van der Waals surface area contributed by atoms with Gasteiger partial charge in [-0.25, -0.2) is 4.98 Å². The highest BCUT2D eigenvalue weighted by atomic mass is 32.1. The fraction of sp³-hybridized carbons (Fsp3) is 0.0526. The van der Waals surface area contributed by atoms with Gasteiger partial charge < -0.3 is 11.5 Å². The van der Waals surface area contributed by atoms with E-state index >= 15 is 0 Å². The number of rotatable bonds is 2. The first kappa shape index (κ1) is 14.7. The molecule has 0 fully saturated rings. The molecule has 0 aliphatic heterocycles. The van der Waals surface area contributed by atoms with Crippen LogP contribution in [0.15, 0.2) is 48.7 Å². The van der Waals surface area contributed by atoms with E-state index in [1.807, 2.05) is 12.1 Å². The number of fused-ring (bicyclic) bond motifs is 3. The molecule has 0 aliphatic rings. The summed E-state index contributed by atoms with van der Waals surface area (Å²) < 4.78 is 1.86. The molecule has 1 amide bonds. The van der Waals surface area contributed by atoms with Crippen molar-refractivity contribution in [2.24, 2.45) is 5.73 Å². The number of carbonyl (C=O) groups is 1. The Labute approximate surface area is 142 Å². The molecule has 0 atom stereocenters. The molecule has 2 aromatic carbocycles. The molecule has 2 heterocycles. The molecule has 0 saturated heterocycles. The molecule has 24 heavy (non-hydrogen) atoms. The Balaban J connectivity index is 2.01. The number of hydrogen-bond donors (Lipinski definition) is 2. The number of nitrogens with zero attached hydrogens (tertiary/aromatic N) is 1. The molecule has 0 spiro atoms. The second kappa shape index (κ2) is 5.32. The Morgan fingerprint density at radius 1 is 1.12 bits per heavy atom. The number of anilines is 1. The van der Waals surface area contributed by atoms with Gasteiger partial charge in [0.1, 0.15) is 5.82 Å². The first-order valence-electron chi connectivity index (χ1n) is 7.52. The van der Waals surface area contributed by atoms with E-state index in [2.05, 4.69) is 42.2 Å². The zero-order valence-corrected chi connectivity index (χ0v) is 13.9. The predicted molar refractivity (Wildman–Crippen MR) is 100 cm³/mol. The molecular weight excluding hydrogens is 318 g/mol. The largest absolute Gasteiger partial charge is 0.383 e. The van der Waals surface area contributed by atoms with Gasteiger partial charge in [0.2, 0.25) is 0 Å². The summed E-state index contributed by atoms with van der Waals surface area (Å²) in [5, 5.41) is 1.81. The maximum Gasteiger partial charge on any atom is 0.251 e. The van der Waals surface area contributed by atoms with E-state index in [-0.39, 0.29) is 0 Å². The molecular formula is C19H15N3OS. The number of benzene rings is 2. The summed E-state index contributed by atoms with van der Waals surface area (Å²) in [4.78, 5) is 15.8. The number of nitrogen functional groups attached to an aromatic ring is 1. The lowest BCUT2D eigenvalue weighted by molar-refractivity contribution is 0.100. The van der Waals surface area contributed by atoms with Gasteiger partial charge in [-0.1, -0.05) is 42.0 Å². The number of amides is 1. The summed E-state index contributed by atoms with van der Waals surface area (Å²) >= 11 is 1.52. The van der Waals surface area contributed by atoms with Crippen molar-refractivity contribution in [2.75, 3.05) is 5.73 Å². The minimum atomic E-state index is -0.488. The summed E-state index contributed by atoms with van der Waals surface area (Å²) in [6, 6.07) is 14.6. The molecule has 0 aliphatic carbocycles. The monoisotopic (exact) mass is 333 g/mol. The van der Waals surface area contributed by atoms with Crippen molar-refractivity contribution in [1.82, 2.24) is 4.98 Å². The number of aromatic nitrogens is 1. The van der Waals surface area contributed by atoms with Crippen LogP contribution in [0.1, 0.15) is 15.9 Å². The van der Waals surface area contributed by atoms with Gasteiger partial charge in [0.15, 0.2) is 0 Å². The van der Waals surface area contributed by atoms with Crippen LogP contribution in [0.25, 0.3) is 31.3 Å². The Kier molecular flexibility index (Phi) is 3.25. The van der Waals surface area contributed by atoms with Gasteiger partial charge in [-0.15, -0.1) is 11.3 Å². The Morgan fingerprint density at radius 3 is 2.67 bits per heavy atom. The average Bonchev–Trinajstić information content (AvgIpc) is 2.94. The van der Waals surface area contributed by atoms with Gasteiger partial charge in [-0.05, 0) is 24.1 Å². The lowest BCUT2D eigenvalue weighted by Crippen LogP contribution is -2.11. The van der Waals surface area contributed by atoms with Crippen molar-refractivity contribution in [3.8, 4) is 11.1 Å². The number of nitrogens with two attached hydrogens (primary N) is 2. The fourth-order valence-electron chi connectivity index (χ4n) is 2.98. The highest BCUT2D eigenvalue weighted by molar-refractivity contribution is 7.26. The summed E-state index contributed by atoms with van der Waals surface area (Å²) in [7, 11) is 0. The summed E-state index contributed by atoms with van der Waals surface area (Å²) in [6.07, 6.45) is 1.46. The normalized spacial score (nSPS) is 11.2. The topological polar surface area (TPSA) is 82.0 Å². The number of aryl methyl sites for hydroxylation is 1. The molecule has 0 unspecified atom stereocenters. The van der Waals surface area contributed by atoms with E-state index in [4.69, 9.17) is 11.5 Å². The smallest absolute Gasteiger partial charge is 0.251 e. The third-order valence-corrected chi connectivity index (χ3v) is 5.33. The van der Waals surface area contributed by atoms with Crippen LogP contribution < -0.4 is 11.5 Å². The summed E-state index contributed by atoms with van der Waals surface area (Å²) in [5.41, 5.74) is 15.4. The minimum Gasteiger partial charge on any atom is -0.383 e. The first-order valence-corrected chi connectivity index (χ1v) is 8.34. The van der Waals surface area contributed by atoms with E-state index in [1.54, 1.807) is 0 Å². The lowest BCUT2D eigenvalue weighted by Gasteiger charge is -2.03. The van der Waals surface area contributed by atoms with Crippen molar-refractivity contribution in [2.45, 2.75) is 6.92 Å². The third kappa shape index (κ3) is 2.21. The molecule has 4 rings (SSSR count). The SMILES string of the molecule is Cc1cccc(-c2ccc3c(c2)sc2c(C(N)=O)cnc(N)c23)c1. The van der Waals surface area contributed by atoms with E-state index in [0.29, 0.717) is 11.4 Å².